The maximum absolute atomic E-state index is 13.8. The number of hydrogen-bond acceptors (Lipinski definition) is 2. The van der Waals surface area contributed by atoms with E-state index in [1.54, 1.807) is 30.3 Å². The molecule has 162 valence electrons. The molecule has 4 nitrogen and oxygen atoms in total. The van der Waals surface area contributed by atoms with Crippen molar-refractivity contribution in [2.75, 3.05) is 5.32 Å². The number of amides is 1. The molecule has 3 aromatic carbocycles. The van der Waals surface area contributed by atoms with E-state index in [9.17, 15) is 22.4 Å². The van der Waals surface area contributed by atoms with Gasteiger partial charge in [-0.05, 0) is 42.5 Å². The molecule has 4 rings (SSSR count). The lowest BCUT2D eigenvalue weighted by Gasteiger charge is -2.11. The molecule has 0 atom stereocenters. The van der Waals surface area contributed by atoms with Crippen molar-refractivity contribution < 1.29 is 22.4 Å². The van der Waals surface area contributed by atoms with Gasteiger partial charge in [0.2, 0.25) is 0 Å². The zero-order valence-electron chi connectivity index (χ0n) is 16.2. The minimum Gasteiger partial charge on any atom is -0.306 e. The maximum Gasteiger partial charge on any atom is 0.416 e. The number of alkyl halides is 3. The van der Waals surface area contributed by atoms with Crippen molar-refractivity contribution in [1.29, 1.82) is 0 Å². The highest BCUT2D eigenvalue weighted by Gasteiger charge is 2.32. The van der Waals surface area contributed by atoms with Crippen molar-refractivity contribution in [3.63, 3.8) is 0 Å². The molecule has 1 heterocycles. The molecule has 32 heavy (non-hydrogen) atoms. The third-order valence-corrected chi connectivity index (χ3v) is 5.11. The van der Waals surface area contributed by atoms with Crippen LogP contribution in [0.5, 0.6) is 0 Å². The number of nitrogens with zero attached hydrogens (tertiary/aromatic N) is 2. The van der Waals surface area contributed by atoms with E-state index in [4.69, 9.17) is 0 Å². The van der Waals surface area contributed by atoms with Gasteiger partial charge < -0.3 is 5.32 Å². The number of halogens is 5. The minimum atomic E-state index is -4.78. The monoisotopic (exact) mass is 503 g/mol. The molecule has 0 fully saturated rings. The Kier molecular flexibility index (Phi) is 5.84. The van der Waals surface area contributed by atoms with E-state index in [1.807, 2.05) is 30.3 Å². The summed E-state index contributed by atoms with van der Waals surface area (Å²) in [5, 5.41) is 7.09. The fourth-order valence-corrected chi connectivity index (χ4v) is 3.34. The SMILES string of the molecule is O=C(Nc1cc(-c2ccccc2)nn1-c1ccc(Br)cc1)c1cc(F)cc(C(F)(F)F)c1. The number of anilines is 1. The van der Waals surface area contributed by atoms with Crippen molar-refractivity contribution in [1.82, 2.24) is 9.78 Å². The van der Waals surface area contributed by atoms with Gasteiger partial charge in [-0.2, -0.15) is 18.3 Å². The van der Waals surface area contributed by atoms with Crippen molar-refractivity contribution >= 4 is 27.7 Å². The molecule has 1 amide bonds. The molecule has 0 saturated heterocycles. The molecule has 0 spiro atoms. The van der Waals surface area contributed by atoms with Gasteiger partial charge in [-0.3, -0.25) is 4.79 Å². The minimum absolute atomic E-state index is 0.217. The first-order valence-electron chi connectivity index (χ1n) is 9.31. The Balaban J connectivity index is 1.74. The quantitative estimate of drug-likeness (QED) is 0.314. The summed E-state index contributed by atoms with van der Waals surface area (Å²) in [5.41, 5.74) is 0.236. The maximum atomic E-state index is 13.8. The predicted octanol–water partition coefficient (Wildman–Crippen LogP) is 6.71. The lowest BCUT2D eigenvalue weighted by Crippen LogP contribution is -2.17. The van der Waals surface area contributed by atoms with Gasteiger partial charge in [0.1, 0.15) is 11.6 Å². The molecule has 0 aliphatic rings. The molecule has 0 aliphatic carbocycles. The van der Waals surface area contributed by atoms with Crippen LogP contribution in [0.4, 0.5) is 23.4 Å². The van der Waals surface area contributed by atoms with Crippen molar-refractivity contribution in [3.8, 4) is 16.9 Å². The highest BCUT2D eigenvalue weighted by atomic mass is 79.9. The Morgan fingerprint density at radius 2 is 1.62 bits per heavy atom. The predicted molar refractivity (Wildman–Crippen MR) is 116 cm³/mol. The lowest BCUT2D eigenvalue weighted by molar-refractivity contribution is -0.137. The van der Waals surface area contributed by atoms with Crippen LogP contribution in [0.1, 0.15) is 15.9 Å². The highest BCUT2D eigenvalue weighted by molar-refractivity contribution is 9.10. The topological polar surface area (TPSA) is 46.9 Å². The summed E-state index contributed by atoms with van der Waals surface area (Å²) in [6.07, 6.45) is -4.78. The fourth-order valence-electron chi connectivity index (χ4n) is 3.07. The molecule has 9 heteroatoms. The van der Waals surface area contributed by atoms with Gasteiger partial charge >= 0.3 is 6.18 Å². The summed E-state index contributed by atoms with van der Waals surface area (Å²) >= 11 is 3.35. The van der Waals surface area contributed by atoms with Crippen LogP contribution in [0, 0.1) is 5.82 Å². The number of rotatable bonds is 4. The number of carbonyl (C=O) groups excluding carboxylic acids is 1. The summed E-state index contributed by atoms with van der Waals surface area (Å²) in [4.78, 5) is 12.7. The summed E-state index contributed by atoms with van der Waals surface area (Å²) in [6, 6.07) is 19.6. The normalized spacial score (nSPS) is 11.4. The van der Waals surface area contributed by atoms with Crippen LogP contribution in [-0.4, -0.2) is 15.7 Å². The molecule has 0 unspecified atom stereocenters. The van der Waals surface area contributed by atoms with Crippen LogP contribution >= 0.6 is 15.9 Å². The molecule has 0 saturated carbocycles. The number of nitrogens with one attached hydrogen (secondary N) is 1. The molecule has 4 aromatic rings. The van der Waals surface area contributed by atoms with Crippen molar-refractivity contribution in [3.05, 3.63) is 100 Å². The third-order valence-electron chi connectivity index (χ3n) is 4.58. The van der Waals surface area contributed by atoms with Gasteiger partial charge in [0.25, 0.3) is 5.91 Å². The smallest absolute Gasteiger partial charge is 0.306 e. The standard InChI is InChI=1S/C23H14BrF4N3O/c24-17-6-8-19(9-7-17)31-21(13-20(30-31)14-4-2-1-3-5-14)29-22(32)15-10-16(23(26,27)28)12-18(25)11-15/h1-13H,(H,29,32). The fraction of sp³-hybridized carbons (Fsp3) is 0.0435. The summed E-state index contributed by atoms with van der Waals surface area (Å²) in [5.74, 6) is -1.83. The van der Waals surface area contributed by atoms with Crippen LogP contribution in [0.2, 0.25) is 0 Å². The lowest BCUT2D eigenvalue weighted by atomic mass is 10.1. The van der Waals surface area contributed by atoms with Gasteiger partial charge in [0.05, 0.1) is 16.9 Å². The number of benzene rings is 3. The average molecular weight is 504 g/mol. The second kappa shape index (κ2) is 8.58. The first-order valence-corrected chi connectivity index (χ1v) is 10.1. The van der Waals surface area contributed by atoms with E-state index < -0.39 is 29.0 Å². The van der Waals surface area contributed by atoms with E-state index in [0.717, 1.165) is 16.1 Å². The number of aromatic nitrogens is 2. The Morgan fingerprint density at radius 1 is 0.938 bits per heavy atom. The van der Waals surface area contributed by atoms with Gasteiger partial charge in [0.15, 0.2) is 0 Å². The van der Waals surface area contributed by atoms with E-state index >= 15 is 0 Å². The Labute approximate surface area is 188 Å². The summed E-state index contributed by atoms with van der Waals surface area (Å²) in [6.45, 7) is 0. The summed E-state index contributed by atoms with van der Waals surface area (Å²) < 4.78 is 55.1. The van der Waals surface area contributed by atoms with E-state index in [0.29, 0.717) is 23.5 Å². The van der Waals surface area contributed by atoms with E-state index in [-0.39, 0.29) is 5.82 Å². The molecule has 1 aromatic heterocycles. The van der Waals surface area contributed by atoms with Gasteiger partial charge in [-0.15, -0.1) is 0 Å². The average Bonchev–Trinajstić information content (AvgIpc) is 3.17. The zero-order valence-corrected chi connectivity index (χ0v) is 17.8. The van der Waals surface area contributed by atoms with E-state index in [1.165, 1.54) is 4.68 Å². The molecule has 0 radical (unpaired) electrons. The highest BCUT2D eigenvalue weighted by Crippen LogP contribution is 2.31. The van der Waals surface area contributed by atoms with Gasteiger partial charge in [0, 0.05) is 21.7 Å². The number of carbonyl (C=O) groups is 1. The first kappa shape index (κ1) is 21.8. The Morgan fingerprint density at radius 3 is 2.28 bits per heavy atom. The molecule has 1 N–H and O–H groups in total. The van der Waals surface area contributed by atoms with Crippen LogP contribution in [-0.2, 0) is 6.18 Å². The van der Waals surface area contributed by atoms with Crippen molar-refractivity contribution in [2.45, 2.75) is 6.18 Å². The van der Waals surface area contributed by atoms with Gasteiger partial charge in [-0.25, -0.2) is 9.07 Å². The largest absolute Gasteiger partial charge is 0.416 e. The van der Waals surface area contributed by atoms with Crippen LogP contribution < -0.4 is 5.32 Å². The third kappa shape index (κ3) is 4.72. The second-order valence-corrected chi connectivity index (χ2v) is 7.77. The van der Waals surface area contributed by atoms with Gasteiger partial charge in [-0.1, -0.05) is 46.3 Å². The summed E-state index contributed by atoms with van der Waals surface area (Å²) in [7, 11) is 0. The molecule has 0 aliphatic heterocycles. The van der Waals surface area contributed by atoms with Crippen LogP contribution in [0.3, 0.4) is 0 Å². The first-order chi connectivity index (χ1) is 15.2. The molecule has 0 bridgehead atoms. The molecular formula is C23H14BrF4N3O. The number of hydrogen-bond donors (Lipinski definition) is 1. The van der Waals surface area contributed by atoms with E-state index in [2.05, 4.69) is 26.3 Å². The zero-order chi connectivity index (χ0) is 22.9. The second-order valence-electron chi connectivity index (χ2n) is 6.85. The Hall–Kier alpha value is -3.46. The van der Waals surface area contributed by atoms with Crippen molar-refractivity contribution in [2.24, 2.45) is 0 Å². The molecular weight excluding hydrogens is 490 g/mol. The van der Waals surface area contributed by atoms with Crippen LogP contribution in [0.15, 0.2) is 83.3 Å². The Bertz CT molecular complexity index is 1270. The van der Waals surface area contributed by atoms with Crippen LogP contribution in [0.25, 0.3) is 16.9 Å².